The van der Waals surface area contributed by atoms with Gasteiger partial charge in [0.25, 0.3) is 5.91 Å². The Kier molecular flexibility index (Phi) is 7.79. The zero-order valence-electron chi connectivity index (χ0n) is 18.4. The molecule has 0 bridgehead atoms. The number of hydrogen-bond acceptors (Lipinski definition) is 3. The van der Waals surface area contributed by atoms with Crippen LogP contribution in [0.2, 0.25) is 10.0 Å². The van der Waals surface area contributed by atoms with Crippen molar-refractivity contribution in [1.82, 2.24) is 4.90 Å². The van der Waals surface area contributed by atoms with E-state index in [9.17, 15) is 23.1 Å². The zero-order valence-corrected chi connectivity index (χ0v) is 19.9. The van der Waals surface area contributed by atoms with Crippen molar-refractivity contribution >= 4 is 35.2 Å². The summed E-state index contributed by atoms with van der Waals surface area (Å²) < 4.78 is 44.6. The number of morpholine rings is 1. The number of alkyl halides is 3. The smallest absolute Gasteiger partial charge is 0.384 e. The summed E-state index contributed by atoms with van der Waals surface area (Å²) >= 11 is 12.9. The van der Waals surface area contributed by atoms with Crippen molar-refractivity contribution in [2.75, 3.05) is 26.3 Å². The first-order chi connectivity index (χ1) is 15.4. The zero-order chi connectivity index (χ0) is 24.5. The first kappa shape index (κ1) is 25.6. The molecule has 1 fully saturated rings. The van der Waals surface area contributed by atoms with Crippen molar-refractivity contribution in [2.45, 2.75) is 33.1 Å². The van der Waals surface area contributed by atoms with Crippen LogP contribution in [-0.2, 0) is 10.9 Å². The van der Waals surface area contributed by atoms with Crippen molar-refractivity contribution in [2.24, 2.45) is 0 Å². The fraction of sp³-hybridized carbons (Fsp3) is 0.375. The Balaban J connectivity index is 1.97. The number of aliphatic hydroxyl groups is 1. The van der Waals surface area contributed by atoms with Crippen molar-refractivity contribution in [1.29, 1.82) is 0 Å². The molecule has 0 radical (unpaired) electrons. The normalized spacial score (nSPS) is 16.2. The molecular formula is C24H24Cl2F3NO3. The van der Waals surface area contributed by atoms with Gasteiger partial charge in [0.1, 0.15) is 6.10 Å². The van der Waals surface area contributed by atoms with Gasteiger partial charge in [-0.1, -0.05) is 29.3 Å². The lowest BCUT2D eigenvalue weighted by molar-refractivity contribution is -0.137. The fourth-order valence-corrected chi connectivity index (χ4v) is 4.48. The monoisotopic (exact) mass is 501 g/mol. The second-order valence-corrected chi connectivity index (χ2v) is 8.82. The van der Waals surface area contributed by atoms with E-state index < -0.39 is 17.8 Å². The fourth-order valence-electron chi connectivity index (χ4n) is 3.82. The van der Waals surface area contributed by atoms with Crippen molar-refractivity contribution in [3.05, 3.63) is 73.3 Å². The van der Waals surface area contributed by atoms with Crippen LogP contribution >= 0.6 is 23.2 Å². The van der Waals surface area contributed by atoms with Crippen molar-refractivity contribution in [3.8, 4) is 0 Å². The Hall–Kier alpha value is -2.06. The van der Waals surface area contributed by atoms with E-state index >= 15 is 0 Å². The van der Waals surface area contributed by atoms with E-state index in [2.05, 4.69) is 0 Å². The van der Waals surface area contributed by atoms with Gasteiger partial charge in [-0.3, -0.25) is 4.79 Å². The predicted molar refractivity (Wildman–Crippen MR) is 123 cm³/mol. The van der Waals surface area contributed by atoms with E-state index in [0.717, 1.165) is 12.1 Å². The van der Waals surface area contributed by atoms with Gasteiger partial charge >= 0.3 is 6.18 Å². The standard InChI is InChI=1S/C24H24Cl2F3NO3/c1-13-10-16(24(27,28)29)11-14(2)18(13)12-15(3)22(31)20-19(25)5-4-17(21(20)26)23(32)30-6-8-33-9-7-30/h4-5,10-12,22,31H,6-9H2,1-3H3/b15-12+. The molecule has 33 heavy (non-hydrogen) atoms. The first-order valence-electron chi connectivity index (χ1n) is 10.3. The molecule has 1 saturated heterocycles. The molecule has 1 aliphatic heterocycles. The van der Waals surface area contributed by atoms with Crippen LogP contribution < -0.4 is 0 Å². The largest absolute Gasteiger partial charge is 0.416 e. The number of aliphatic hydroxyl groups excluding tert-OH is 1. The lowest BCUT2D eigenvalue weighted by atomic mass is 9.94. The molecular weight excluding hydrogens is 478 g/mol. The van der Waals surface area contributed by atoms with Crippen LogP contribution in [0.3, 0.4) is 0 Å². The number of rotatable bonds is 4. The van der Waals surface area contributed by atoms with Gasteiger partial charge in [0, 0.05) is 23.7 Å². The summed E-state index contributed by atoms with van der Waals surface area (Å²) in [5.74, 6) is -0.288. The summed E-state index contributed by atoms with van der Waals surface area (Å²) in [6.45, 7) is 6.51. The summed E-state index contributed by atoms with van der Waals surface area (Å²) in [6.07, 6.45) is -4.09. The SMILES string of the molecule is C/C(=C\c1c(C)cc(C(F)(F)F)cc1C)C(O)c1c(Cl)ccc(C(=O)N2CCOCC2)c1Cl. The number of benzene rings is 2. The summed E-state index contributed by atoms with van der Waals surface area (Å²) in [5, 5.41) is 11.3. The Morgan fingerprint density at radius 2 is 1.73 bits per heavy atom. The maximum absolute atomic E-state index is 13.1. The maximum Gasteiger partial charge on any atom is 0.416 e. The molecule has 1 heterocycles. The highest BCUT2D eigenvalue weighted by Crippen LogP contribution is 2.38. The molecule has 0 aliphatic carbocycles. The number of hydrogen-bond donors (Lipinski definition) is 1. The van der Waals surface area contributed by atoms with Gasteiger partial charge in [0.2, 0.25) is 0 Å². The van der Waals surface area contributed by atoms with Gasteiger partial charge in [0.15, 0.2) is 0 Å². The topological polar surface area (TPSA) is 49.8 Å². The van der Waals surface area contributed by atoms with Gasteiger partial charge < -0.3 is 14.7 Å². The number of carbonyl (C=O) groups is 1. The summed E-state index contributed by atoms with van der Waals surface area (Å²) in [6, 6.07) is 5.16. The Labute approximate surface area is 200 Å². The molecule has 1 aliphatic rings. The molecule has 0 aromatic heterocycles. The van der Waals surface area contributed by atoms with Crippen LogP contribution in [0.25, 0.3) is 6.08 Å². The van der Waals surface area contributed by atoms with Gasteiger partial charge in [0.05, 0.1) is 29.4 Å². The quantitative estimate of drug-likeness (QED) is 0.539. The first-order valence-corrected chi connectivity index (χ1v) is 11.1. The van der Waals surface area contributed by atoms with Crippen molar-refractivity contribution in [3.63, 3.8) is 0 Å². The number of amides is 1. The van der Waals surface area contributed by atoms with Crippen LogP contribution in [0, 0.1) is 13.8 Å². The highest BCUT2D eigenvalue weighted by molar-refractivity contribution is 6.38. The number of aryl methyl sites for hydroxylation is 2. The number of nitrogens with zero attached hydrogens (tertiary/aromatic N) is 1. The predicted octanol–water partition coefficient (Wildman–Crippen LogP) is 6.24. The Morgan fingerprint density at radius 1 is 1.15 bits per heavy atom. The van der Waals surface area contributed by atoms with E-state index in [1.165, 1.54) is 12.1 Å². The van der Waals surface area contributed by atoms with Crippen molar-refractivity contribution < 1.29 is 27.8 Å². The molecule has 4 nitrogen and oxygen atoms in total. The van der Waals surface area contributed by atoms with E-state index in [-0.39, 0.29) is 27.1 Å². The van der Waals surface area contributed by atoms with Gasteiger partial charge in [-0.25, -0.2) is 0 Å². The molecule has 178 valence electrons. The highest BCUT2D eigenvalue weighted by Gasteiger charge is 2.31. The van der Waals surface area contributed by atoms with E-state index in [1.807, 2.05) is 0 Å². The minimum Gasteiger partial charge on any atom is -0.384 e. The van der Waals surface area contributed by atoms with Crippen LogP contribution in [-0.4, -0.2) is 42.2 Å². The number of halogens is 5. The van der Waals surface area contributed by atoms with Gasteiger partial charge in [-0.15, -0.1) is 0 Å². The summed E-state index contributed by atoms with van der Waals surface area (Å²) in [5.41, 5.74) is 1.48. The highest BCUT2D eigenvalue weighted by atomic mass is 35.5. The van der Waals surface area contributed by atoms with Gasteiger partial charge in [-0.05, 0) is 67.3 Å². The number of carbonyl (C=O) groups excluding carboxylic acids is 1. The second kappa shape index (κ2) is 10.1. The molecule has 1 N–H and O–H groups in total. The van der Waals surface area contributed by atoms with E-state index in [1.54, 1.807) is 31.7 Å². The molecule has 1 atom stereocenters. The Bertz CT molecular complexity index is 1070. The second-order valence-electron chi connectivity index (χ2n) is 8.04. The molecule has 0 spiro atoms. The molecule has 1 unspecified atom stereocenters. The Morgan fingerprint density at radius 3 is 2.27 bits per heavy atom. The third-order valence-electron chi connectivity index (χ3n) is 5.65. The molecule has 1 amide bonds. The molecule has 2 aromatic carbocycles. The molecule has 9 heteroatoms. The summed E-state index contributed by atoms with van der Waals surface area (Å²) in [7, 11) is 0. The van der Waals surface area contributed by atoms with E-state index in [4.69, 9.17) is 27.9 Å². The lowest BCUT2D eigenvalue weighted by Gasteiger charge is -2.28. The average molecular weight is 502 g/mol. The average Bonchev–Trinajstić information content (AvgIpc) is 2.75. The maximum atomic E-state index is 13.1. The molecule has 0 saturated carbocycles. The van der Waals surface area contributed by atoms with Crippen LogP contribution in [0.15, 0.2) is 29.8 Å². The van der Waals surface area contributed by atoms with Crippen LogP contribution in [0.4, 0.5) is 13.2 Å². The van der Waals surface area contributed by atoms with Crippen LogP contribution in [0.5, 0.6) is 0 Å². The molecule has 3 rings (SSSR count). The minimum atomic E-state index is -4.44. The van der Waals surface area contributed by atoms with Gasteiger partial charge in [-0.2, -0.15) is 13.2 Å². The lowest BCUT2D eigenvalue weighted by Crippen LogP contribution is -2.40. The third kappa shape index (κ3) is 5.54. The number of ether oxygens (including phenoxy) is 1. The third-order valence-corrected chi connectivity index (χ3v) is 6.39. The molecule has 2 aromatic rings. The minimum absolute atomic E-state index is 0.0418. The summed E-state index contributed by atoms with van der Waals surface area (Å²) in [4.78, 5) is 14.5. The van der Waals surface area contributed by atoms with E-state index in [0.29, 0.717) is 48.6 Å². The van der Waals surface area contributed by atoms with Crippen LogP contribution in [0.1, 0.15) is 51.2 Å².